The molecule has 2 rings (SSSR count). The molecule has 2 aromatic carbocycles. The summed E-state index contributed by atoms with van der Waals surface area (Å²) in [5, 5.41) is 5.36. The molecule has 6 nitrogen and oxygen atoms in total. The highest BCUT2D eigenvalue weighted by Gasteiger charge is 2.26. The van der Waals surface area contributed by atoms with Gasteiger partial charge in [-0.15, -0.1) is 0 Å². The van der Waals surface area contributed by atoms with E-state index in [2.05, 4.69) is 10.6 Å². The van der Waals surface area contributed by atoms with Crippen molar-refractivity contribution in [1.82, 2.24) is 5.32 Å². The maximum atomic E-state index is 12.5. The van der Waals surface area contributed by atoms with Crippen LogP contribution in [0.5, 0.6) is 0 Å². The largest absolute Gasteiger partial charge is 0.459 e. The fourth-order valence-corrected chi connectivity index (χ4v) is 2.45. The van der Waals surface area contributed by atoms with Gasteiger partial charge in [0, 0.05) is 18.2 Å². The lowest BCUT2D eigenvalue weighted by molar-refractivity contribution is -0.148. The first kappa shape index (κ1) is 20.2. The average Bonchev–Trinajstić information content (AvgIpc) is 2.64. The molecule has 0 spiro atoms. The number of rotatable bonds is 7. The van der Waals surface area contributed by atoms with Crippen molar-refractivity contribution in [2.75, 3.05) is 5.32 Å². The molecule has 0 bridgehead atoms. The van der Waals surface area contributed by atoms with E-state index in [1.165, 1.54) is 6.92 Å². The summed E-state index contributed by atoms with van der Waals surface area (Å²) < 4.78 is 5.35. The van der Waals surface area contributed by atoms with Crippen LogP contribution in [0.1, 0.15) is 36.7 Å². The molecule has 0 saturated heterocycles. The summed E-state index contributed by atoms with van der Waals surface area (Å²) in [6.45, 7) is 5.25. The lowest BCUT2D eigenvalue weighted by Gasteiger charge is -2.21. The smallest absolute Gasteiger partial charge is 0.329 e. The van der Waals surface area contributed by atoms with Gasteiger partial charge in [-0.2, -0.15) is 0 Å². The molecule has 2 amide bonds. The number of amides is 2. The van der Waals surface area contributed by atoms with Crippen molar-refractivity contribution in [3.63, 3.8) is 0 Å². The highest BCUT2D eigenvalue weighted by Crippen LogP contribution is 2.12. The Hall–Kier alpha value is -3.15. The van der Waals surface area contributed by atoms with Crippen molar-refractivity contribution < 1.29 is 19.1 Å². The van der Waals surface area contributed by atoms with Gasteiger partial charge in [0.2, 0.25) is 5.91 Å². The SMILES string of the molecule is CC(=O)Nc1ccc(C(=O)NC(C(=O)OCc2ccccc2)C(C)C)cc1. The molecule has 27 heavy (non-hydrogen) atoms. The Morgan fingerprint density at radius 3 is 2.15 bits per heavy atom. The normalized spacial score (nSPS) is 11.6. The van der Waals surface area contributed by atoms with Crippen LogP contribution in [-0.4, -0.2) is 23.8 Å². The molecule has 0 saturated carbocycles. The molecule has 0 aromatic heterocycles. The molecule has 0 aliphatic carbocycles. The molecular weight excluding hydrogens is 344 g/mol. The molecule has 0 aliphatic rings. The van der Waals surface area contributed by atoms with Crippen LogP contribution in [0.15, 0.2) is 54.6 Å². The van der Waals surface area contributed by atoms with Gasteiger partial charge in [0.1, 0.15) is 12.6 Å². The third-order valence-electron chi connectivity index (χ3n) is 3.90. The molecule has 0 fully saturated rings. The van der Waals surface area contributed by atoms with Crippen molar-refractivity contribution in [2.45, 2.75) is 33.4 Å². The first-order chi connectivity index (χ1) is 12.9. The zero-order valence-corrected chi connectivity index (χ0v) is 15.7. The summed E-state index contributed by atoms with van der Waals surface area (Å²) in [5.74, 6) is -1.17. The molecule has 0 heterocycles. The van der Waals surface area contributed by atoms with Crippen LogP contribution < -0.4 is 10.6 Å². The van der Waals surface area contributed by atoms with Crippen molar-refractivity contribution in [3.8, 4) is 0 Å². The van der Waals surface area contributed by atoms with Crippen LogP contribution in [-0.2, 0) is 20.9 Å². The van der Waals surface area contributed by atoms with E-state index >= 15 is 0 Å². The monoisotopic (exact) mass is 368 g/mol. The molecule has 2 N–H and O–H groups in total. The molecular formula is C21H24N2O4. The Bertz CT molecular complexity index is 786. The lowest BCUT2D eigenvalue weighted by Crippen LogP contribution is -2.45. The number of anilines is 1. The minimum absolute atomic E-state index is 0.129. The predicted octanol–water partition coefficient (Wildman–Crippen LogP) is 3.14. The van der Waals surface area contributed by atoms with Crippen molar-refractivity contribution >= 4 is 23.5 Å². The Kier molecular flexibility index (Phi) is 7.11. The molecule has 1 atom stereocenters. The maximum Gasteiger partial charge on any atom is 0.329 e. The van der Waals surface area contributed by atoms with E-state index in [9.17, 15) is 14.4 Å². The fraction of sp³-hybridized carbons (Fsp3) is 0.286. The summed E-state index contributed by atoms with van der Waals surface area (Å²) in [4.78, 5) is 35.9. The van der Waals surface area contributed by atoms with Gasteiger partial charge < -0.3 is 15.4 Å². The van der Waals surface area contributed by atoms with E-state index in [0.29, 0.717) is 11.3 Å². The minimum atomic E-state index is -0.753. The zero-order valence-electron chi connectivity index (χ0n) is 15.7. The quantitative estimate of drug-likeness (QED) is 0.736. The number of carbonyl (C=O) groups is 3. The number of nitrogens with one attached hydrogen (secondary N) is 2. The number of hydrogen-bond acceptors (Lipinski definition) is 4. The minimum Gasteiger partial charge on any atom is -0.459 e. The predicted molar refractivity (Wildman–Crippen MR) is 103 cm³/mol. The van der Waals surface area contributed by atoms with Crippen molar-refractivity contribution in [2.24, 2.45) is 5.92 Å². The average molecular weight is 368 g/mol. The maximum absolute atomic E-state index is 12.5. The number of carbonyl (C=O) groups excluding carboxylic acids is 3. The van der Waals surface area contributed by atoms with Crippen LogP contribution in [0, 0.1) is 5.92 Å². The van der Waals surface area contributed by atoms with Gasteiger partial charge in [-0.25, -0.2) is 4.79 Å². The second-order valence-electron chi connectivity index (χ2n) is 6.55. The summed E-state index contributed by atoms with van der Waals surface area (Å²) in [5.41, 5.74) is 1.88. The van der Waals surface area contributed by atoms with Crippen LogP contribution in [0.2, 0.25) is 0 Å². The van der Waals surface area contributed by atoms with E-state index < -0.39 is 12.0 Å². The Morgan fingerprint density at radius 2 is 1.59 bits per heavy atom. The van der Waals surface area contributed by atoms with E-state index in [0.717, 1.165) is 5.56 Å². The van der Waals surface area contributed by atoms with Crippen LogP contribution >= 0.6 is 0 Å². The van der Waals surface area contributed by atoms with E-state index in [1.807, 2.05) is 44.2 Å². The third kappa shape index (κ3) is 6.26. The highest BCUT2D eigenvalue weighted by molar-refractivity contribution is 5.97. The van der Waals surface area contributed by atoms with Gasteiger partial charge in [-0.1, -0.05) is 44.2 Å². The van der Waals surface area contributed by atoms with Crippen molar-refractivity contribution in [1.29, 1.82) is 0 Å². The van der Waals surface area contributed by atoms with Gasteiger partial charge in [0.15, 0.2) is 0 Å². The summed E-state index contributed by atoms with van der Waals surface area (Å²) in [7, 11) is 0. The first-order valence-corrected chi connectivity index (χ1v) is 8.76. The van der Waals surface area contributed by atoms with Crippen LogP contribution in [0.4, 0.5) is 5.69 Å². The second-order valence-corrected chi connectivity index (χ2v) is 6.55. The topological polar surface area (TPSA) is 84.5 Å². The van der Waals surface area contributed by atoms with Crippen LogP contribution in [0.3, 0.4) is 0 Å². The van der Waals surface area contributed by atoms with E-state index in [-0.39, 0.29) is 24.3 Å². The Morgan fingerprint density at radius 1 is 0.963 bits per heavy atom. The molecule has 1 unspecified atom stereocenters. The van der Waals surface area contributed by atoms with Crippen molar-refractivity contribution in [3.05, 3.63) is 65.7 Å². The van der Waals surface area contributed by atoms with Gasteiger partial charge >= 0.3 is 5.97 Å². The zero-order chi connectivity index (χ0) is 19.8. The molecule has 6 heteroatoms. The third-order valence-corrected chi connectivity index (χ3v) is 3.90. The molecule has 0 aliphatic heterocycles. The molecule has 0 radical (unpaired) electrons. The van der Waals surface area contributed by atoms with Gasteiger partial charge in [-0.3, -0.25) is 9.59 Å². The summed E-state index contributed by atoms with van der Waals surface area (Å²) >= 11 is 0. The Balaban J connectivity index is 1.98. The number of ether oxygens (including phenoxy) is 1. The number of benzene rings is 2. The number of hydrogen-bond donors (Lipinski definition) is 2. The van der Waals surface area contributed by atoms with E-state index in [4.69, 9.17) is 4.74 Å². The van der Waals surface area contributed by atoms with Gasteiger partial charge in [0.05, 0.1) is 0 Å². The number of esters is 1. The highest BCUT2D eigenvalue weighted by atomic mass is 16.5. The fourth-order valence-electron chi connectivity index (χ4n) is 2.45. The molecule has 2 aromatic rings. The van der Waals surface area contributed by atoms with Gasteiger partial charge in [0.25, 0.3) is 5.91 Å². The van der Waals surface area contributed by atoms with Crippen LogP contribution in [0.25, 0.3) is 0 Å². The second kappa shape index (κ2) is 9.52. The van der Waals surface area contributed by atoms with E-state index in [1.54, 1.807) is 24.3 Å². The summed E-state index contributed by atoms with van der Waals surface area (Å²) in [6.07, 6.45) is 0. The molecule has 142 valence electrons. The Labute approximate surface area is 158 Å². The standard InChI is InChI=1S/C21H24N2O4/c1-14(2)19(21(26)27-13-16-7-5-4-6-8-16)23-20(25)17-9-11-18(12-10-17)22-15(3)24/h4-12,14,19H,13H2,1-3H3,(H,22,24)(H,23,25). The van der Waals surface area contributed by atoms with Gasteiger partial charge in [-0.05, 0) is 35.7 Å². The summed E-state index contributed by atoms with van der Waals surface area (Å²) in [6, 6.07) is 15.1. The first-order valence-electron chi connectivity index (χ1n) is 8.76. The lowest BCUT2D eigenvalue weighted by atomic mass is 10.0.